The van der Waals surface area contributed by atoms with Crippen LogP contribution >= 0.6 is 0 Å². The van der Waals surface area contributed by atoms with Crippen LogP contribution < -0.4 is 0 Å². The first-order valence-electron chi connectivity index (χ1n) is 7.88. The number of hydrogen-bond acceptors (Lipinski definition) is 2. The maximum Gasteiger partial charge on any atom is 0.0998 e. The summed E-state index contributed by atoms with van der Waals surface area (Å²) in [5.41, 5.74) is 7.17. The van der Waals surface area contributed by atoms with Crippen LogP contribution in [0.25, 0.3) is 17.3 Å². The van der Waals surface area contributed by atoms with E-state index in [1.54, 1.807) is 12.4 Å². The zero-order chi connectivity index (χ0) is 17.1. The Bertz CT molecular complexity index is 924. The first-order valence-corrected chi connectivity index (χ1v) is 7.88. The molecular weight excluding hydrogens is 294 g/mol. The molecule has 0 fully saturated rings. The van der Waals surface area contributed by atoms with E-state index < -0.39 is 0 Å². The van der Waals surface area contributed by atoms with Gasteiger partial charge in [0.25, 0.3) is 0 Å². The van der Waals surface area contributed by atoms with Gasteiger partial charge in [-0.3, -0.25) is 4.98 Å². The maximum atomic E-state index is 9.56. The third kappa shape index (κ3) is 3.00. The zero-order valence-electron chi connectivity index (χ0n) is 14.1. The van der Waals surface area contributed by atoms with Gasteiger partial charge in [-0.2, -0.15) is 5.26 Å². The van der Waals surface area contributed by atoms with Crippen LogP contribution in [0.1, 0.15) is 28.1 Å². The Morgan fingerprint density at radius 1 is 1.04 bits per heavy atom. The van der Waals surface area contributed by atoms with Crippen molar-refractivity contribution in [2.75, 3.05) is 0 Å². The summed E-state index contributed by atoms with van der Waals surface area (Å²) in [4.78, 5) is 4.08. The summed E-state index contributed by atoms with van der Waals surface area (Å²) in [6.07, 6.45) is 5.54. The van der Waals surface area contributed by atoms with Crippen LogP contribution in [0.15, 0.2) is 54.9 Å². The molecule has 118 valence electrons. The summed E-state index contributed by atoms with van der Waals surface area (Å²) in [6.45, 7) is 6.19. The Hall–Kier alpha value is -3.12. The lowest BCUT2D eigenvalue weighted by Crippen LogP contribution is -1.98. The summed E-state index contributed by atoms with van der Waals surface area (Å²) >= 11 is 0. The summed E-state index contributed by atoms with van der Waals surface area (Å²) in [7, 11) is 0. The molecule has 0 aliphatic heterocycles. The molecule has 1 aromatic carbocycles. The SMILES string of the molecule is Cc1ccc(/C(C#N)=C\c2cc(C)n(-c3ccncc3)c2C)cc1. The van der Waals surface area contributed by atoms with Gasteiger partial charge in [-0.25, -0.2) is 0 Å². The molecule has 0 aliphatic rings. The van der Waals surface area contributed by atoms with E-state index in [0.717, 1.165) is 28.2 Å². The van der Waals surface area contributed by atoms with Gasteiger partial charge < -0.3 is 4.57 Å². The lowest BCUT2D eigenvalue weighted by atomic mass is 10.0. The summed E-state index contributed by atoms with van der Waals surface area (Å²) < 4.78 is 2.18. The van der Waals surface area contributed by atoms with E-state index in [4.69, 9.17) is 0 Å². The predicted octanol–water partition coefficient (Wildman–Crippen LogP) is 4.86. The molecule has 3 aromatic rings. The molecule has 3 rings (SSSR count). The number of nitriles is 1. The van der Waals surface area contributed by atoms with Gasteiger partial charge in [0.2, 0.25) is 0 Å². The van der Waals surface area contributed by atoms with E-state index in [1.807, 2.05) is 49.4 Å². The fourth-order valence-electron chi connectivity index (χ4n) is 2.89. The van der Waals surface area contributed by atoms with Gasteiger partial charge in [-0.1, -0.05) is 29.8 Å². The fourth-order valence-corrected chi connectivity index (χ4v) is 2.89. The number of aromatic nitrogens is 2. The number of pyridine rings is 1. The van der Waals surface area contributed by atoms with Crippen molar-refractivity contribution in [2.45, 2.75) is 20.8 Å². The van der Waals surface area contributed by atoms with Gasteiger partial charge in [-0.15, -0.1) is 0 Å². The normalized spacial score (nSPS) is 11.3. The Morgan fingerprint density at radius 3 is 2.33 bits per heavy atom. The molecule has 2 aromatic heterocycles. The minimum atomic E-state index is 0.671. The summed E-state index contributed by atoms with van der Waals surface area (Å²) in [6, 6.07) is 16.4. The average molecular weight is 313 g/mol. The van der Waals surface area contributed by atoms with Crippen LogP contribution in [0.5, 0.6) is 0 Å². The van der Waals surface area contributed by atoms with Crippen LogP contribution in [0, 0.1) is 32.1 Å². The number of aryl methyl sites for hydroxylation is 2. The number of nitrogens with zero attached hydrogens (tertiary/aromatic N) is 3. The minimum Gasteiger partial charge on any atom is -0.318 e. The highest BCUT2D eigenvalue weighted by molar-refractivity contribution is 5.90. The Morgan fingerprint density at radius 2 is 1.71 bits per heavy atom. The minimum absolute atomic E-state index is 0.671. The lowest BCUT2D eigenvalue weighted by molar-refractivity contribution is 0.960. The third-order valence-corrected chi connectivity index (χ3v) is 4.17. The van der Waals surface area contributed by atoms with Gasteiger partial charge >= 0.3 is 0 Å². The molecule has 3 heteroatoms. The average Bonchev–Trinajstić information content (AvgIpc) is 2.88. The lowest BCUT2D eigenvalue weighted by Gasteiger charge is -2.09. The van der Waals surface area contributed by atoms with Gasteiger partial charge in [0.15, 0.2) is 0 Å². The monoisotopic (exact) mass is 313 g/mol. The molecule has 0 atom stereocenters. The number of allylic oxidation sites excluding steroid dienone is 1. The summed E-state index contributed by atoms with van der Waals surface area (Å²) in [5, 5.41) is 9.56. The van der Waals surface area contributed by atoms with E-state index in [2.05, 4.69) is 35.5 Å². The Kier molecular flexibility index (Phi) is 4.31. The summed E-state index contributed by atoms with van der Waals surface area (Å²) in [5.74, 6) is 0. The van der Waals surface area contributed by atoms with Crippen molar-refractivity contribution < 1.29 is 0 Å². The van der Waals surface area contributed by atoms with Crippen molar-refractivity contribution in [1.82, 2.24) is 9.55 Å². The van der Waals surface area contributed by atoms with Gasteiger partial charge in [0, 0.05) is 29.5 Å². The van der Waals surface area contributed by atoms with E-state index in [0.29, 0.717) is 5.57 Å². The standard InChI is InChI=1S/C21H19N3/c1-15-4-6-18(7-5-15)20(14-22)13-19-12-16(2)24(17(19)3)21-8-10-23-11-9-21/h4-13H,1-3H3/b20-13-. The molecule has 0 saturated heterocycles. The predicted molar refractivity (Wildman–Crippen MR) is 97.7 cm³/mol. The number of hydrogen-bond donors (Lipinski definition) is 0. The van der Waals surface area contributed by atoms with E-state index in [-0.39, 0.29) is 0 Å². The zero-order valence-corrected chi connectivity index (χ0v) is 14.1. The van der Waals surface area contributed by atoms with Crippen LogP contribution in [0.2, 0.25) is 0 Å². The Balaban J connectivity index is 2.07. The molecule has 3 nitrogen and oxygen atoms in total. The van der Waals surface area contributed by atoms with E-state index in [9.17, 15) is 5.26 Å². The smallest absolute Gasteiger partial charge is 0.0998 e. The van der Waals surface area contributed by atoms with E-state index >= 15 is 0 Å². The molecule has 0 N–H and O–H groups in total. The number of rotatable bonds is 3. The van der Waals surface area contributed by atoms with Crippen LogP contribution in [-0.2, 0) is 0 Å². The second kappa shape index (κ2) is 6.55. The van der Waals surface area contributed by atoms with Gasteiger partial charge in [0.1, 0.15) is 0 Å². The van der Waals surface area contributed by atoms with Gasteiger partial charge in [0.05, 0.1) is 11.6 Å². The molecule has 0 bridgehead atoms. The van der Waals surface area contributed by atoms with Crippen LogP contribution in [0.3, 0.4) is 0 Å². The molecule has 0 radical (unpaired) electrons. The molecule has 24 heavy (non-hydrogen) atoms. The first kappa shape index (κ1) is 15.8. The molecule has 0 spiro atoms. The highest BCUT2D eigenvalue weighted by Gasteiger charge is 2.10. The second-order valence-electron chi connectivity index (χ2n) is 5.90. The molecule has 0 aliphatic carbocycles. The molecule has 2 heterocycles. The highest BCUT2D eigenvalue weighted by Crippen LogP contribution is 2.25. The highest BCUT2D eigenvalue weighted by atomic mass is 15.0. The van der Waals surface area contributed by atoms with Crippen molar-refractivity contribution in [3.8, 4) is 11.8 Å². The first-order chi connectivity index (χ1) is 11.6. The molecule has 0 unspecified atom stereocenters. The maximum absolute atomic E-state index is 9.56. The number of benzene rings is 1. The van der Waals surface area contributed by atoms with Crippen LogP contribution in [0.4, 0.5) is 0 Å². The van der Waals surface area contributed by atoms with Gasteiger partial charge in [-0.05, 0) is 56.2 Å². The fraction of sp³-hybridized carbons (Fsp3) is 0.143. The largest absolute Gasteiger partial charge is 0.318 e. The molecule has 0 amide bonds. The Labute approximate surface area is 142 Å². The van der Waals surface area contributed by atoms with E-state index in [1.165, 1.54) is 5.56 Å². The van der Waals surface area contributed by atoms with Crippen molar-refractivity contribution in [3.63, 3.8) is 0 Å². The van der Waals surface area contributed by atoms with Crippen LogP contribution in [-0.4, -0.2) is 9.55 Å². The third-order valence-electron chi connectivity index (χ3n) is 4.17. The molecular formula is C21H19N3. The van der Waals surface area contributed by atoms with Crippen molar-refractivity contribution in [3.05, 3.63) is 82.9 Å². The van der Waals surface area contributed by atoms with Crippen molar-refractivity contribution in [2.24, 2.45) is 0 Å². The molecule has 0 saturated carbocycles. The quantitative estimate of drug-likeness (QED) is 0.648. The topological polar surface area (TPSA) is 41.6 Å². The van der Waals surface area contributed by atoms with Crippen molar-refractivity contribution >= 4 is 11.6 Å². The van der Waals surface area contributed by atoms with Crippen molar-refractivity contribution in [1.29, 1.82) is 5.26 Å². The second-order valence-corrected chi connectivity index (χ2v) is 5.90.